The number of nitrogens with zero attached hydrogens (tertiary/aromatic N) is 4. The highest BCUT2D eigenvalue weighted by Gasteiger charge is 2.35. The van der Waals surface area contributed by atoms with Crippen molar-refractivity contribution in [2.24, 2.45) is 0 Å². The highest BCUT2D eigenvalue weighted by molar-refractivity contribution is 5.97. The Morgan fingerprint density at radius 1 is 1.20 bits per heavy atom. The van der Waals surface area contributed by atoms with Gasteiger partial charge in [-0.1, -0.05) is 28.9 Å². The first-order valence-corrected chi connectivity index (χ1v) is 8.24. The van der Waals surface area contributed by atoms with Gasteiger partial charge in [-0.15, -0.1) is 0 Å². The lowest BCUT2D eigenvalue weighted by Gasteiger charge is -2.19. The standard InChI is InChI=1S/C19H18N4O2/c1-12-6-7-16(13(2)9-12)23-11-14(10-17(23)24)18-21-19(25-22-18)15-5-3-4-8-20-15/h3-9,14H,10-11H2,1-2H3. The zero-order valence-corrected chi connectivity index (χ0v) is 14.1. The van der Waals surface area contributed by atoms with Crippen molar-refractivity contribution in [2.45, 2.75) is 26.2 Å². The molecule has 1 saturated heterocycles. The van der Waals surface area contributed by atoms with E-state index in [9.17, 15) is 4.79 Å². The zero-order chi connectivity index (χ0) is 17.4. The highest BCUT2D eigenvalue weighted by atomic mass is 16.5. The van der Waals surface area contributed by atoms with Gasteiger partial charge in [0.1, 0.15) is 5.69 Å². The van der Waals surface area contributed by atoms with Crippen molar-refractivity contribution >= 4 is 11.6 Å². The van der Waals surface area contributed by atoms with Crippen LogP contribution in [-0.2, 0) is 4.79 Å². The van der Waals surface area contributed by atoms with Crippen molar-refractivity contribution in [3.05, 3.63) is 59.5 Å². The van der Waals surface area contributed by atoms with E-state index in [2.05, 4.69) is 21.2 Å². The summed E-state index contributed by atoms with van der Waals surface area (Å²) in [6, 6.07) is 11.6. The smallest absolute Gasteiger partial charge is 0.276 e. The molecule has 6 heteroatoms. The summed E-state index contributed by atoms with van der Waals surface area (Å²) in [5.41, 5.74) is 3.86. The Bertz CT molecular complexity index is 920. The maximum absolute atomic E-state index is 12.5. The van der Waals surface area contributed by atoms with Gasteiger partial charge < -0.3 is 9.42 Å². The van der Waals surface area contributed by atoms with Gasteiger partial charge in [-0.05, 0) is 37.6 Å². The van der Waals surface area contributed by atoms with Crippen LogP contribution in [0.5, 0.6) is 0 Å². The van der Waals surface area contributed by atoms with Gasteiger partial charge in [0.25, 0.3) is 5.89 Å². The number of carbonyl (C=O) groups excluding carboxylic acids is 1. The zero-order valence-electron chi connectivity index (χ0n) is 14.1. The number of carbonyl (C=O) groups is 1. The molecule has 1 aliphatic heterocycles. The number of anilines is 1. The van der Waals surface area contributed by atoms with Gasteiger partial charge in [0.15, 0.2) is 5.82 Å². The van der Waals surface area contributed by atoms with Gasteiger partial charge in [-0.2, -0.15) is 4.98 Å². The SMILES string of the molecule is Cc1ccc(N2CC(c3noc(-c4ccccn4)n3)CC2=O)c(C)c1. The summed E-state index contributed by atoms with van der Waals surface area (Å²) in [6.45, 7) is 4.63. The van der Waals surface area contributed by atoms with Gasteiger partial charge in [-0.3, -0.25) is 9.78 Å². The number of amides is 1. The number of pyridine rings is 1. The molecule has 3 aromatic rings. The molecule has 6 nitrogen and oxygen atoms in total. The Labute approximate surface area is 145 Å². The Morgan fingerprint density at radius 3 is 2.84 bits per heavy atom. The number of benzene rings is 1. The van der Waals surface area contributed by atoms with Crippen molar-refractivity contribution < 1.29 is 9.32 Å². The van der Waals surface area contributed by atoms with Crippen molar-refractivity contribution in [1.29, 1.82) is 0 Å². The quantitative estimate of drug-likeness (QED) is 0.735. The van der Waals surface area contributed by atoms with Crippen LogP contribution >= 0.6 is 0 Å². The summed E-state index contributed by atoms with van der Waals surface area (Å²) in [5.74, 6) is 0.949. The second kappa shape index (κ2) is 6.12. The summed E-state index contributed by atoms with van der Waals surface area (Å²) in [5, 5.41) is 4.07. The van der Waals surface area contributed by atoms with Crippen molar-refractivity contribution in [1.82, 2.24) is 15.1 Å². The number of hydrogen-bond acceptors (Lipinski definition) is 5. The van der Waals surface area contributed by atoms with Crippen LogP contribution in [0.3, 0.4) is 0 Å². The monoisotopic (exact) mass is 334 g/mol. The van der Waals surface area contributed by atoms with Crippen LogP contribution in [-0.4, -0.2) is 27.6 Å². The van der Waals surface area contributed by atoms with Crippen molar-refractivity contribution in [3.63, 3.8) is 0 Å². The molecule has 0 aliphatic carbocycles. The molecule has 0 spiro atoms. The normalized spacial score (nSPS) is 17.3. The number of aromatic nitrogens is 3. The minimum atomic E-state index is -0.0746. The summed E-state index contributed by atoms with van der Waals surface area (Å²) in [4.78, 5) is 23.0. The second-order valence-corrected chi connectivity index (χ2v) is 6.37. The van der Waals surface area contributed by atoms with Gasteiger partial charge in [0.05, 0.1) is 0 Å². The molecule has 0 saturated carbocycles. The van der Waals surface area contributed by atoms with Gasteiger partial charge in [0, 0.05) is 30.8 Å². The Balaban J connectivity index is 1.57. The Kier molecular flexibility index (Phi) is 3.80. The fraction of sp³-hybridized carbons (Fsp3) is 0.263. The third-order valence-electron chi connectivity index (χ3n) is 4.46. The molecule has 0 bridgehead atoms. The molecule has 3 heterocycles. The fourth-order valence-electron chi connectivity index (χ4n) is 3.22. The van der Waals surface area contributed by atoms with Crippen LogP contribution in [0.25, 0.3) is 11.6 Å². The summed E-state index contributed by atoms with van der Waals surface area (Å²) in [7, 11) is 0. The minimum absolute atomic E-state index is 0.0746. The topological polar surface area (TPSA) is 72.1 Å². The van der Waals surface area contributed by atoms with E-state index in [4.69, 9.17) is 4.52 Å². The van der Waals surface area contributed by atoms with Gasteiger partial charge >= 0.3 is 0 Å². The molecule has 25 heavy (non-hydrogen) atoms. The molecule has 1 atom stereocenters. The van der Waals surface area contributed by atoms with Gasteiger partial charge in [-0.25, -0.2) is 0 Å². The lowest BCUT2D eigenvalue weighted by molar-refractivity contribution is -0.117. The van der Waals surface area contributed by atoms with E-state index >= 15 is 0 Å². The minimum Gasteiger partial charge on any atom is -0.332 e. The third kappa shape index (κ3) is 2.91. The van der Waals surface area contributed by atoms with E-state index in [1.54, 1.807) is 6.20 Å². The second-order valence-electron chi connectivity index (χ2n) is 6.37. The van der Waals surface area contributed by atoms with E-state index in [1.807, 2.05) is 49.1 Å². The van der Waals surface area contributed by atoms with Crippen LogP contribution in [0, 0.1) is 13.8 Å². The number of aryl methyl sites for hydroxylation is 2. The summed E-state index contributed by atoms with van der Waals surface area (Å²) >= 11 is 0. The van der Waals surface area contributed by atoms with Crippen LogP contribution in [0.4, 0.5) is 5.69 Å². The van der Waals surface area contributed by atoms with Gasteiger partial charge in [0.2, 0.25) is 5.91 Å². The molecule has 0 N–H and O–H groups in total. The van der Waals surface area contributed by atoms with Crippen LogP contribution in [0.15, 0.2) is 47.1 Å². The molecule has 1 aromatic carbocycles. The number of rotatable bonds is 3. The molecular formula is C19H18N4O2. The Hall–Kier alpha value is -3.02. The van der Waals surface area contributed by atoms with E-state index in [-0.39, 0.29) is 11.8 Å². The molecular weight excluding hydrogens is 316 g/mol. The first-order chi connectivity index (χ1) is 12.1. The van der Waals surface area contributed by atoms with E-state index in [0.29, 0.717) is 30.4 Å². The molecule has 1 amide bonds. The molecule has 0 radical (unpaired) electrons. The first-order valence-electron chi connectivity index (χ1n) is 8.24. The van der Waals surface area contributed by atoms with Crippen LogP contribution in [0.1, 0.15) is 29.3 Å². The summed E-state index contributed by atoms with van der Waals surface area (Å²) in [6.07, 6.45) is 2.06. The molecule has 4 rings (SSSR count). The Morgan fingerprint density at radius 2 is 2.08 bits per heavy atom. The lowest BCUT2D eigenvalue weighted by Crippen LogP contribution is -2.25. The first kappa shape index (κ1) is 15.5. The lowest BCUT2D eigenvalue weighted by atomic mass is 10.1. The average molecular weight is 334 g/mol. The maximum atomic E-state index is 12.5. The predicted molar refractivity (Wildman–Crippen MR) is 93.2 cm³/mol. The van der Waals surface area contributed by atoms with E-state index < -0.39 is 0 Å². The third-order valence-corrected chi connectivity index (χ3v) is 4.46. The average Bonchev–Trinajstić information content (AvgIpc) is 3.23. The summed E-state index contributed by atoms with van der Waals surface area (Å²) < 4.78 is 5.33. The molecule has 1 fully saturated rings. The van der Waals surface area contributed by atoms with Crippen LogP contribution < -0.4 is 4.90 Å². The molecule has 126 valence electrons. The largest absolute Gasteiger partial charge is 0.332 e. The van der Waals surface area contributed by atoms with E-state index in [0.717, 1.165) is 11.3 Å². The van der Waals surface area contributed by atoms with E-state index in [1.165, 1.54) is 5.56 Å². The highest BCUT2D eigenvalue weighted by Crippen LogP contribution is 2.33. The predicted octanol–water partition coefficient (Wildman–Crippen LogP) is 3.27. The number of hydrogen-bond donors (Lipinski definition) is 0. The molecule has 2 aromatic heterocycles. The van der Waals surface area contributed by atoms with Crippen molar-refractivity contribution in [2.75, 3.05) is 11.4 Å². The molecule has 1 aliphatic rings. The van der Waals surface area contributed by atoms with Crippen molar-refractivity contribution in [3.8, 4) is 11.6 Å². The fourth-order valence-corrected chi connectivity index (χ4v) is 3.22. The molecule has 1 unspecified atom stereocenters. The maximum Gasteiger partial charge on any atom is 0.276 e. The van der Waals surface area contributed by atoms with Crippen LogP contribution in [0.2, 0.25) is 0 Å².